The van der Waals surface area contributed by atoms with Crippen molar-refractivity contribution in [1.82, 2.24) is 5.32 Å². The topological polar surface area (TPSA) is 70.7 Å². The number of hydrogen-bond acceptors (Lipinski definition) is 4. The van der Waals surface area contributed by atoms with Crippen LogP contribution in [0.15, 0.2) is 84.9 Å². The summed E-state index contributed by atoms with van der Waals surface area (Å²) in [5.41, 5.74) is 3.29. The Morgan fingerprint density at radius 3 is 2.12 bits per heavy atom. The van der Waals surface area contributed by atoms with Crippen LogP contribution in [0.5, 0.6) is 0 Å². The zero-order valence-electron chi connectivity index (χ0n) is 17.9. The summed E-state index contributed by atoms with van der Waals surface area (Å²) in [7, 11) is 0. The molecule has 1 atom stereocenters. The smallest absolute Gasteiger partial charge is 0.251 e. The van der Waals surface area contributed by atoms with Gasteiger partial charge in [-0.3, -0.25) is 9.59 Å². The van der Waals surface area contributed by atoms with Gasteiger partial charge in [0.25, 0.3) is 5.91 Å². The molecule has 1 aliphatic heterocycles. The Morgan fingerprint density at radius 2 is 1.47 bits per heavy atom. The highest BCUT2D eigenvalue weighted by atomic mass is 16.5. The molecule has 2 amide bonds. The number of ether oxygens (including phenoxy) is 1. The van der Waals surface area contributed by atoms with Crippen molar-refractivity contribution in [3.63, 3.8) is 0 Å². The number of benzene rings is 3. The minimum absolute atomic E-state index is 0.253. The summed E-state index contributed by atoms with van der Waals surface area (Å²) in [5.74, 6) is -0.526. The highest BCUT2D eigenvalue weighted by Crippen LogP contribution is 2.19. The Bertz CT molecular complexity index is 1020. The molecule has 0 unspecified atom stereocenters. The second-order valence-electron chi connectivity index (χ2n) is 7.72. The SMILES string of the molecule is O=C(N[C@@H](Cc1ccccc1)C(=O)Nc1ccc(N2CCOCC2)cc1)c1ccccc1. The van der Waals surface area contributed by atoms with E-state index in [-0.39, 0.29) is 11.8 Å². The minimum atomic E-state index is -0.705. The van der Waals surface area contributed by atoms with Crippen LogP contribution in [0.3, 0.4) is 0 Å². The lowest BCUT2D eigenvalue weighted by atomic mass is 10.0. The Balaban J connectivity index is 1.45. The summed E-state index contributed by atoms with van der Waals surface area (Å²) in [6.07, 6.45) is 0.400. The first-order chi connectivity index (χ1) is 15.7. The van der Waals surface area contributed by atoms with E-state index in [1.807, 2.05) is 60.7 Å². The lowest BCUT2D eigenvalue weighted by Crippen LogP contribution is -2.45. The molecule has 1 fully saturated rings. The lowest BCUT2D eigenvalue weighted by Gasteiger charge is -2.29. The Kier molecular flexibility index (Phi) is 7.15. The molecule has 0 spiro atoms. The number of amides is 2. The van der Waals surface area contributed by atoms with Crippen molar-refractivity contribution in [1.29, 1.82) is 0 Å². The Morgan fingerprint density at radius 1 is 0.844 bits per heavy atom. The highest BCUT2D eigenvalue weighted by Gasteiger charge is 2.22. The predicted octanol–water partition coefficient (Wildman–Crippen LogP) is 3.50. The first kappa shape index (κ1) is 21.6. The number of hydrogen-bond donors (Lipinski definition) is 2. The molecule has 4 rings (SSSR count). The zero-order valence-corrected chi connectivity index (χ0v) is 17.9. The van der Waals surface area contributed by atoms with E-state index in [4.69, 9.17) is 4.74 Å². The third-order valence-corrected chi connectivity index (χ3v) is 5.45. The fourth-order valence-corrected chi connectivity index (χ4v) is 3.70. The average molecular weight is 430 g/mol. The molecule has 0 radical (unpaired) electrons. The summed E-state index contributed by atoms with van der Waals surface area (Å²) in [4.78, 5) is 28.1. The first-order valence-electron chi connectivity index (χ1n) is 10.8. The maximum absolute atomic E-state index is 13.1. The van der Waals surface area contributed by atoms with Crippen LogP contribution in [0, 0.1) is 0 Å². The van der Waals surface area contributed by atoms with Gasteiger partial charge < -0.3 is 20.3 Å². The lowest BCUT2D eigenvalue weighted by molar-refractivity contribution is -0.118. The number of nitrogens with one attached hydrogen (secondary N) is 2. The van der Waals surface area contributed by atoms with Crippen LogP contribution in [0.2, 0.25) is 0 Å². The van der Waals surface area contributed by atoms with Crippen molar-refractivity contribution in [2.45, 2.75) is 12.5 Å². The second kappa shape index (κ2) is 10.6. The molecule has 0 aromatic heterocycles. The third-order valence-electron chi connectivity index (χ3n) is 5.45. The number of carbonyl (C=O) groups is 2. The molecular weight excluding hydrogens is 402 g/mol. The molecule has 1 saturated heterocycles. The van der Waals surface area contributed by atoms with Gasteiger partial charge in [0.1, 0.15) is 6.04 Å². The Labute approximate surface area is 188 Å². The van der Waals surface area contributed by atoms with Gasteiger partial charge in [-0.1, -0.05) is 48.5 Å². The largest absolute Gasteiger partial charge is 0.378 e. The maximum Gasteiger partial charge on any atom is 0.251 e. The molecule has 6 nitrogen and oxygen atoms in total. The Hall–Kier alpha value is -3.64. The molecule has 0 bridgehead atoms. The predicted molar refractivity (Wildman–Crippen MR) is 126 cm³/mol. The quantitative estimate of drug-likeness (QED) is 0.603. The van der Waals surface area contributed by atoms with E-state index in [1.54, 1.807) is 24.3 Å². The van der Waals surface area contributed by atoms with Crippen molar-refractivity contribution < 1.29 is 14.3 Å². The molecule has 2 N–H and O–H groups in total. The third kappa shape index (κ3) is 5.74. The van der Waals surface area contributed by atoms with Gasteiger partial charge in [0.15, 0.2) is 0 Å². The average Bonchev–Trinajstić information content (AvgIpc) is 2.86. The maximum atomic E-state index is 13.1. The molecule has 164 valence electrons. The summed E-state index contributed by atoms with van der Waals surface area (Å²) in [6.45, 7) is 3.16. The van der Waals surface area contributed by atoms with E-state index < -0.39 is 6.04 Å². The van der Waals surface area contributed by atoms with Crippen LogP contribution in [0.1, 0.15) is 15.9 Å². The fraction of sp³-hybridized carbons (Fsp3) is 0.231. The summed E-state index contributed by atoms with van der Waals surface area (Å²) in [5, 5.41) is 5.84. The number of anilines is 2. The van der Waals surface area contributed by atoms with Gasteiger partial charge >= 0.3 is 0 Å². The van der Waals surface area contributed by atoms with Gasteiger partial charge in [-0.2, -0.15) is 0 Å². The summed E-state index contributed by atoms with van der Waals surface area (Å²) >= 11 is 0. The van der Waals surface area contributed by atoms with Gasteiger partial charge in [0, 0.05) is 36.4 Å². The van der Waals surface area contributed by atoms with Crippen LogP contribution in [-0.4, -0.2) is 44.2 Å². The normalized spacial score (nSPS) is 14.4. The van der Waals surface area contributed by atoms with Gasteiger partial charge in [0.05, 0.1) is 13.2 Å². The van der Waals surface area contributed by atoms with Crippen molar-refractivity contribution in [3.8, 4) is 0 Å². The monoisotopic (exact) mass is 429 g/mol. The second-order valence-corrected chi connectivity index (χ2v) is 7.72. The molecule has 3 aromatic carbocycles. The van der Waals surface area contributed by atoms with Crippen LogP contribution in [-0.2, 0) is 16.0 Å². The van der Waals surface area contributed by atoms with Crippen molar-refractivity contribution in [2.24, 2.45) is 0 Å². The van der Waals surface area contributed by atoms with E-state index in [0.29, 0.717) is 17.7 Å². The summed E-state index contributed by atoms with van der Waals surface area (Å²) < 4.78 is 5.40. The van der Waals surface area contributed by atoms with Crippen LogP contribution in [0.4, 0.5) is 11.4 Å². The number of nitrogens with zero attached hydrogens (tertiary/aromatic N) is 1. The minimum Gasteiger partial charge on any atom is -0.378 e. The van der Waals surface area contributed by atoms with E-state index >= 15 is 0 Å². The first-order valence-corrected chi connectivity index (χ1v) is 10.8. The molecule has 3 aromatic rings. The fourth-order valence-electron chi connectivity index (χ4n) is 3.70. The number of rotatable bonds is 7. The molecular formula is C26H27N3O3. The van der Waals surface area contributed by atoms with Crippen molar-refractivity contribution in [3.05, 3.63) is 96.1 Å². The molecule has 1 aliphatic rings. The molecule has 1 heterocycles. The van der Waals surface area contributed by atoms with Gasteiger partial charge in [-0.15, -0.1) is 0 Å². The summed E-state index contributed by atoms with van der Waals surface area (Å²) in [6, 6.07) is 25.7. The van der Waals surface area contributed by atoms with E-state index in [1.165, 1.54) is 0 Å². The van der Waals surface area contributed by atoms with Crippen molar-refractivity contribution >= 4 is 23.2 Å². The van der Waals surface area contributed by atoms with E-state index in [2.05, 4.69) is 15.5 Å². The molecule has 0 saturated carbocycles. The zero-order chi connectivity index (χ0) is 22.2. The van der Waals surface area contributed by atoms with E-state index in [9.17, 15) is 9.59 Å². The van der Waals surface area contributed by atoms with Gasteiger partial charge in [-0.05, 0) is 42.0 Å². The van der Waals surface area contributed by atoms with Gasteiger partial charge in [-0.25, -0.2) is 0 Å². The molecule has 32 heavy (non-hydrogen) atoms. The van der Waals surface area contributed by atoms with E-state index in [0.717, 1.165) is 37.6 Å². The van der Waals surface area contributed by atoms with Gasteiger partial charge in [0.2, 0.25) is 5.91 Å². The standard InChI is InChI=1S/C26H27N3O3/c30-25(21-9-5-2-6-10-21)28-24(19-20-7-3-1-4-8-20)26(31)27-22-11-13-23(14-12-22)29-15-17-32-18-16-29/h1-14,24H,15-19H2,(H,27,31)(H,28,30)/t24-/m0/s1. The highest BCUT2D eigenvalue weighted by molar-refractivity contribution is 6.01. The molecule has 0 aliphatic carbocycles. The molecule has 6 heteroatoms. The van der Waals surface area contributed by atoms with Crippen LogP contribution in [0.25, 0.3) is 0 Å². The number of morpholine rings is 1. The number of carbonyl (C=O) groups excluding carboxylic acids is 2. The van der Waals surface area contributed by atoms with Crippen molar-refractivity contribution in [2.75, 3.05) is 36.5 Å². The van der Waals surface area contributed by atoms with Crippen LogP contribution >= 0.6 is 0 Å². The van der Waals surface area contributed by atoms with Crippen LogP contribution < -0.4 is 15.5 Å².